The van der Waals surface area contributed by atoms with Gasteiger partial charge in [-0.2, -0.15) is 0 Å². The van der Waals surface area contributed by atoms with E-state index >= 15 is 0 Å². The first kappa shape index (κ1) is 48.4. The number of allylic oxidation sites excluding steroid dienone is 1. The molecule has 2 saturated heterocycles. The molecule has 5 aromatic rings. The van der Waals surface area contributed by atoms with E-state index in [9.17, 15) is 27.9 Å². The van der Waals surface area contributed by atoms with Crippen LogP contribution in [0, 0.1) is 21.4 Å². The third kappa shape index (κ3) is 12.0. The summed E-state index contributed by atoms with van der Waals surface area (Å²) >= 11 is 6.25. The number of amides is 1. The number of aromatic amines is 1. The van der Waals surface area contributed by atoms with Crippen molar-refractivity contribution in [2.45, 2.75) is 44.4 Å². The van der Waals surface area contributed by atoms with Gasteiger partial charge in [0.15, 0.2) is 0 Å². The third-order valence-electron chi connectivity index (χ3n) is 13.3. The van der Waals surface area contributed by atoms with E-state index in [4.69, 9.17) is 21.1 Å². The van der Waals surface area contributed by atoms with Crippen molar-refractivity contribution in [1.82, 2.24) is 24.5 Å². The zero-order chi connectivity index (χ0) is 47.5. The van der Waals surface area contributed by atoms with Crippen LogP contribution in [0.5, 0.6) is 11.5 Å². The van der Waals surface area contributed by atoms with Gasteiger partial charge < -0.3 is 28.8 Å². The van der Waals surface area contributed by atoms with E-state index in [0.717, 1.165) is 61.1 Å². The topological polar surface area (TPSA) is 180 Å². The van der Waals surface area contributed by atoms with Crippen molar-refractivity contribution in [2.24, 2.45) is 11.3 Å². The molecule has 15 nitrogen and oxygen atoms in total. The zero-order valence-corrected chi connectivity index (χ0v) is 41.0. The average molecular weight is 973 g/mol. The van der Waals surface area contributed by atoms with Crippen LogP contribution < -0.4 is 14.4 Å². The number of benzene rings is 3. The number of carbonyl (C=O) groups is 1. The Hall–Kier alpha value is -5.09. The highest BCUT2D eigenvalue weighted by Gasteiger charge is 2.32. The molecule has 3 aliphatic rings. The van der Waals surface area contributed by atoms with Crippen molar-refractivity contribution in [3.8, 4) is 11.5 Å². The second kappa shape index (κ2) is 20.2. The molecule has 0 saturated carbocycles. The SMILES string of the molecule is COCC(Cc1ccc(S(=O)(=O)NC(=O)c2ccc(N3CCN(CC4=C(c5ccc(Cl)cc5)CC(C)(C)CC4)CC3)cc2Oc2cnc3[nH]ccc3c2)cc1[N+](=O)[O-])CN1CCP(C)(=O)CC1. The molecule has 1 unspecified atom stereocenters. The summed E-state index contributed by atoms with van der Waals surface area (Å²) in [5.41, 5.74) is 5.68. The molecule has 1 aliphatic carbocycles. The summed E-state index contributed by atoms with van der Waals surface area (Å²) in [5.74, 6) is -0.643. The fourth-order valence-corrected chi connectivity index (χ4v) is 12.2. The number of nitrogens with zero attached hydrogens (tertiary/aromatic N) is 5. The molecule has 0 bridgehead atoms. The number of rotatable bonds is 16. The molecule has 2 aliphatic heterocycles. The molecule has 0 radical (unpaired) electrons. The van der Waals surface area contributed by atoms with Crippen LogP contribution in [0.2, 0.25) is 5.02 Å². The lowest BCUT2D eigenvalue weighted by molar-refractivity contribution is -0.385. The summed E-state index contributed by atoms with van der Waals surface area (Å²) in [7, 11) is -5.18. The number of fused-ring (bicyclic) bond motifs is 1. The number of piperazine rings is 1. The van der Waals surface area contributed by atoms with E-state index in [1.807, 2.05) is 24.9 Å². The van der Waals surface area contributed by atoms with E-state index in [-0.39, 0.29) is 34.8 Å². The van der Waals surface area contributed by atoms with Crippen molar-refractivity contribution >= 4 is 62.7 Å². The number of sulfonamides is 1. The number of halogens is 1. The molecule has 1 amide bonds. The second-order valence-corrected chi connectivity index (χ2v) is 24.7. The molecule has 356 valence electrons. The Labute approximate surface area is 397 Å². The van der Waals surface area contributed by atoms with E-state index in [0.29, 0.717) is 68.6 Å². The number of nitro benzene ring substituents is 1. The van der Waals surface area contributed by atoms with Crippen molar-refractivity contribution in [3.63, 3.8) is 0 Å². The van der Waals surface area contributed by atoms with Crippen LogP contribution in [-0.4, -0.2) is 124 Å². The van der Waals surface area contributed by atoms with E-state index in [1.165, 1.54) is 35.0 Å². The van der Waals surface area contributed by atoms with Gasteiger partial charge in [-0.1, -0.05) is 49.2 Å². The Morgan fingerprint density at radius 3 is 2.46 bits per heavy atom. The highest BCUT2D eigenvalue weighted by atomic mass is 35.5. The third-order valence-corrected chi connectivity index (χ3v) is 17.2. The molecule has 3 aromatic carbocycles. The number of nitrogens with one attached hydrogen (secondary N) is 2. The number of carbonyl (C=O) groups excluding carboxylic acids is 1. The average Bonchev–Trinajstić information content (AvgIpc) is 3.76. The number of hydrogen-bond donors (Lipinski definition) is 2. The van der Waals surface area contributed by atoms with Gasteiger partial charge >= 0.3 is 0 Å². The van der Waals surface area contributed by atoms with Gasteiger partial charge in [0.25, 0.3) is 21.6 Å². The van der Waals surface area contributed by atoms with Gasteiger partial charge in [0, 0.05) is 112 Å². The van der Waals surface area contributed by atoms with Gasteiger partial charge in [0.05, 0.1) is 35.3 Å². The molecule has 67 heavy (non-hydrogen) atoms. The lowest BCUT2D eigenvalue weighted by Crippen LogP contribution is -2.47. The van der Waals surface area contributed by atoms with E-state index < -0.39 is 32.9 Å². The number of ether oxygens (including phenoxy) is 2. The minimum atomic E-state index is -4.60. The smallest absolute Gasteiger partial charge is 0.273 e. The van der Waals surface area contributed by atoms with Gasteiger partial charge in [0.2, 0.25) is 0 Å². The number of H-pyrrole nitrogens is 1. The summed E-state index contributed by atoms with van der Waals surface area (Å²) in [6.07, 6.45) is 7.94. The predicted molar refractivity (Wildman–Crippen MR) is 264 cm³/mol. The van der Waals surface area contributed by atoms with E-state index in [2.05, 4.69) is 55.4 Å². The second-order valence-electron chi connectivity index (χ2n) is 19.1. The minimum absolute atomic E-state index is 0.0484. The molecule has 2 fully saturated rings. The maximum Gasteiger partial charge on any atom is 0.273 e. The highest BCUT2D eigenvalue weighted by Crippen LogP contribution is 2.44. The van der Waals surface area contributed by atoms with Gasteiger partial charge in [-0.15, -0.1) is 0 Å². The lowest BCUT2D eigenvalue weighted by atomic mass is 9.72. The maximum atomic E-state index is 14.1. The predicted octanol–water partition coefficient (Wildman–Crippen LogP) is 8.94. The number of methoxy groups -OCH3 is 1. The summed E-state index contributed by atoms with van der Waals surface area (Å²) in [5, 5.41) is 13.9. The van der Waals surface area contributed by atoms with Crippen molar-refractivity contribution in [1.29, 1.82) is 0 Å². The Bertz CT molecular complexity index is 2810. The maximum absolute atomic E-state index is 14.1. The normalized spacial score (nSPS) is 18.5. The highest BCUT2D eigenvalue weighted by molar-refractivity contribution is 7.90. The first-order valence-electron chi connectivity index (χ1n) is 22.7. The van der Waals surface area contributed by atoms with Gasteiger partial charge in [0.1, 0.15) is 17.1 Å². The first-order chi connectivity index (χ1) is 31.9. The molecular weight excluding hydrogens is 913 g/mol. The Morgan fingerprint density at radius 1 is 1.00 bits per heavy atom. The largest absolute Gasteiger partial charge is 0.455 e. The van der Waals surface area contributed by atoms with Crippen LogP contribution in [0.15, 0.2) is 95.7 Å². The monoisotopic (exact) mass is 971 g/mol. The number of nitro groups is 1. The fourth-order valence-electron chi connectivity index (χ4n) is 9.47. The summed E-state index contributed by atoms with van der Waals surface area (Å²) in [4.78, 5) is 39.8. The standard InChI is InChI=1S/C49H59ClN7O8PS/c1-49(2)15-13-38(44(29-49)35-5-8-39(50)9-6-35)32-54-17-19-56(20-18-54)40-10-12-43(46(27-40)65-41-26-37-14-16-51-47(37)52-30-41)48(58)53-67(62,63)42-11-7-36(45(28-42)57(59)60)25-34(33-64-3)31-55-21-23-66(4,61)24-22-55/h5-12,14,16,26-28,30,34H,13,15,17-25,29,31-33H2,1-4H3,(H,51,52)(H,53,58). The van der Waals surface area contributed by atoms with Crippen molar-refractivity contribution < 1.29 is 32.2 Å². The zero-order valence-electron chi connectivity index (χ0n) is 38.5. The summed E-state index contributed by atoms with van der Waals surface area (Å²) in [6, 6.07) is 20.5. The number of hydrogen-bond acceptors (Lipinski definition) is 12. The number of aromatic nitrogens is 2. The summed E-state index contributed by atoms with van der Waals surface area (Å²) < 4.78 is 54.3. The minimum Gasteiger partial charge on any atom is -0.455 e. The molecule has 2 aromatic heterocycles. The van der Waals surface area contributed by atoms with Crippen LogP contribution in [0.1, 0.15) is 54.6 Å². The number of pyridine rings is 1. The molecule has 18 heteroatoms. The quantitative estimate of drug-likeness (QED) is 0.0546. The van der Waals surface area contributed by atoms with Crippen LogP contribution in [0.4, 0.5) is 11.4 Å². The van der Waals surface area contributed by atoms with Gasteiger partial charge in [-0.3, -0.25) is 19.8 Å². The van der Waals surface area contributed by atoms with Crippen LogP contribution >= 0.6 is 18.7 Å². The Morgan fingerprint density at radius 2 is 1.75 bits per heavy atom. The lowest BCUT2D eigenvalue weighted by Gasteiger charge is -2.39. The Kier molecular flexibility index (Phi) is 14.6. The molecule has 1 atom stereocenters. The molecule has 2 N–H and O–H groups in total. The summed E-state index contributed by atoms with van der Waals surface area (Å²) in [6.45, 7) is 12.7. The Balaban J connectivity index is 0.996. The van der Waals surface area contributed by atoms with Gasteiger partial charge in [-0.25, -0.2) is 18.1 Å². The molecule has 4 heterocycles. The molecule has 0 spiro atoms. The molecular formula is C49H59ClN7O8PS. The van der Waals surface area contributed by atoms with Crippen LogP contribution in [0.25, 0.3) is 16.6 Å². The first-order valence-corrected chi connectivity index (χ1v) is 27.1. The van der Waals surface area contributed by atoms with Gasteiger partial charge in [-0.05, 0) is 97.3 Å². The van der Waals surface area contributed by atoms with Crippen molar-refractivity contribution in [3.05, 3.63) is 123 Å². The van der Waals surface area contributed by atoms with Crippen molar-refractivity contribution in [2.75, 3.05) is 90.0 Å². The fraction of sp³-hybridized carbons (Fsp3) is 0.429. The van der Waals surface area contributed by atoms with Crippen LogP contribution in [0.3, 0.4) is 0 Å². The van der Waals surface area contributed by atoms with Crippen LogP contribution in [-0.2, 0) is 25.7 Å². The number of anilines is 1. The van der Waals surface area contributed by atoms with E-state index in [1.54, 1.807) is 37.6 Å². The molecule has 8 rings (SSSR count).